The molecule has 0 radical (unpaired) electrons. The van der Waals surface area contributed by atoms with Crippen LogP contribution in [0.5, 0.6) is 0 Å². The van der Waals surface area contributed by atoms with Crippen molar-refractivity contribution in [1.29, 1.82) is 0 Å². The van der Waals surface area contributed by atoms with Crippen LogP contribution in [0.2, 0.25) is 0 Å². The first-order chi connectivity index (χ1) is 9.19. The SMILES string of the molecule is C.C=Cc1ccccc1N.Nc1ccccc1CCO.[K+].[OH-]. The van der Waals surface area contributed by atoms with Gasteiger partial charge in [-0.05, 0) is 29.7 Å². The molecule has 0 aliphatic rings. The molecule has 0 fully saturated rings. The molecule has 0 aliphatic carbocycles. The first kappa shape index (κ1) is 26.2. The molecule has 0 amide bonds. The van der Waals surface area contributed by atoms with Gasteiger partial charge >= 0.3 is 51.4 Å². The minimum absolute atomic E-state index is 0. The van der Waals surface area contributed by atoms with Crippen molar-refractivity contribution in [3.8, 4) is 0 Å². The second-order valence-corrected chi connectivity index (χ2v) is 4.01. The van der Waals surface area contributed by atoms with Crippen molar-refractivity contribution in [2.45, 2.75) is 13.8 Å². The first-order valence-corrected chi connectivity index (χ1v) is 6.10. The zero-order valence-corrected chi connectivity index (χ0v) is 15.5. The molecule has 5 heteroatoms. The van der Waals surface area contributed by atoms with Crippen LogP contribution in [0.15, 0.2) is 55.1 Å². The van der Waals surface area contributed by atoms with Crippen LogP contribution in [0.1, 0.15) is 18.6 Å². The zero-order chi connectivity index (χ0) is 14.1. The average molecular weight is 328 g/mol. The molecule has 0 unspecified atom stereocenters. The first-order valence-electron chi connectivity index (χ1n) is 6.10. The fourth-order valence-electron chi connectivity index (χ4n) is 1.58. The molecule has 0 saturated heterocycles. The van der Waals surface area contributed by atoms with E-state index in [0.717, 1.165) is 22.5 Å². The van der Waals surface area contributed by atoms with Crippen LogP contribution >= 0.6 is 0 Å². The molecule has 116 valence electrons. The van der Waals surface area contributed by atoms with E-state index < -0.39 is 0 Å². The number of aliphatic hydroxyl groups excluding tert-OH is 1. The Morgan fingerprint density at radius 2 is 1.45 bits per heavy atom. The van der Waals surface area contributed by atoms with E-state index in [2.05, 4.69) is 6.58 Å². The van der Waals surface area contributed by atoms with E-state index in [1.807, 2.05) is 48.5 Å². The normalized spacial score (nSPS) is 8.05. The van der Waals surface area contributed by atoms with Crippen molar-refractivity contribution in [3.05, 3.63) is 66.2 Å². The van der Waals surface area contributed by atoms with Crippen LogP contribution in [0.25, 0.3) is 6.08 Å². The molecular weight excluding hydrogens is 303 g/mol. The summed E-state index contributed by atoms with van der Waals surface area (Å²) in [6, 6.07) is 15.2. The molecular formula is C17H25KN2O2. The van der Waals surface area contributed by atoms with Crippen LogP contribution in [0, 0.1) is 0 Å². The van der Waals surface area contributed by atoms with E-state index in [4.69, 9.17) is 16.6 Å². The molecule has 2 rings (SSSR count). The van der Waals surface area contributed by atoms with Crippen molar-refractivity contribution in [3.63, 3.8) is 0 Å². The van der Waals surface area contributed by atoms with Gasteiger partial charge in [-0.2, -0.15) is 0 Å². The quantitative estimate of drug-likeness (QED) is 0.552. The number of nitrogen functional groups attached to an aromatic ring is 2. The third kappa shape index (κ3) is 9.37. The van der Waals surface area contributed by atoms with E-state index in [-0.39, 0.29) is 70.9 Å². The Kier molecular flexibility index (Phi) is 18.2. The van der Waals surface area contributed by atoms with Gasteiger partial charge in [0.1, 0.15) is 0 Å². The van der Waals surface area contributed by atoms with Crippen LogP contribution in [0.3, 0.4) is 0 Å². The Labute approximate surface area is 176 Å². The number of nitrogens with two attached hydrogens (primary N) is 2. The molecule has 2 aromatic carbocycles. The van der Waals surface area contributed by atoms with E-state index in [0.29, 0.717) is 6.42 Å². The fraction of sp³-hybridized carbons (Fsp3) is 0.176. The van der Waals surface area contributed by atoms with E-state index in [1.165, 1.54) is 0 Å². The van der Waals surface area contributed by atoms with Gasteiger partial charge in [-0.3, -0.25) is 0 Å². The molecule has 0 bridgehead atoms. The molecule has 22 heavy (non-hydrogen) atoms. The van der Waals surface area contributed by atoms with Gasteiger partial charge in [0.2, 0.25) is 0 Å². The topological polar surface area (TPSA) is 102 Å². The standard InChI is InChI=1S/C8H11NO.C8H9N.CH4.K.H2O/c9-8-4-2-1-3-7(8)5-6-10;1-2-7-5-3-4-6-8(7)9;;;/h1-4,10H,5-6,9H2;2-6H,1,9H2;1H4;;1H2/q;;;+1;/p-1. The number of rotatable bonds is 3. The summed E-state index contributed by atoms with van der Waals surface area (Å²) in [5.74, 6) is 0. The minimum Gasteiger partial charge on any atom is -0.870 e. The van der Waals surface area contributed by atoms with Gasteiger partial charge in [-0.15, -0.1) is 0 Å². The Morgan fingerprint density at radius 3 is 1.86 bits per heavy atom. The van der Waals surface area contributed by atoms with Gasteiger partial charge in [0.25, 0.3) is 0 Å². The van der Waals surface area contributed by atoms with Crippen molar-refractivity contribution < 1.29 is 62.0 Å². The van der Waals surface area contributed by atoms with Gasteiger partial charge in [0.05, 0.1) is 0 Å². The summed E-state index contributed by atoms with van der Waals surface area (Å²) in [4.78, 5) is 0. The van der Waals surface area contributed by atoms with Crippen molar-refractivity contribution in [2.24, 2.45) is 0 Å². The number of anilines is 2. The second kappa shape index (κ2) is 15.2. The smallest absolute Gasteiger partial charge is 0.870 e. The number of hydrogen-bond donors (Lipinski definition) is 3. The third-order valence-electron chi connectivity index (χ3n) is 2.65. The van der Waals surface area contributed by atoms with Crippen LogP contribution in [-0.2, 0) is 6.42 Å². The van der Waals surface area contributed by atoms with E-state index in [9.17, 15) is 0 Å². The monoisotopic (exact) mass is 328 g/mol. The molecule has 0 aliphatic heterocycles. The number of benzene rings is 2. The summed E-state index contributed by atoms with van der Waals surface area (Å²) in [6.45, 7) is 3.77. The number of para-hydroxylation sites is 2. The maximum Gasteiger partial charge on any atom is 1.00 e. The van der Waals surface area contributed by atoms with Gasteiger partial charge in [0, 0.05) is 18.0 Å². The van der Waals surface area contributed by atoms with Gasteiger partial charge < -0.3 is 22.1 Å². The van der Waals surface area contributed by atoms with Crippen molar-refractivity contribution >= 4 is 17.5 Å². The zero-order valence-electron chi connectivity index (χ0n) is 12.4. The average Bonchev–Trinajstić information content (AvgIpc) is 2.43. The Balaban J connectivity index is -0.000000290. The molecule has 2 aromatic rings. The largest absolute Gasteiger partial charge is 1.00 e. The maximum absolute atomic E-state index is 8.59. The minimum atomic E-state index is 0. The summed E-state index contributed by atoms with van der Waals surface area (Å²) in [5.41, 5.74) is 14.7. The maximum atomic E-state index is 8.59. The summed E-state index contributed by atoms with van der Waals surface area (Å²) in [7, 11) is 0. The molecule has 0 aromatic heterocycles. The van der Waals surface area contributed by atoms with E-state index >= 15 is 0 Å². The van der Waals surface area contributed by atoms with Gasteiger partial charge in [-0.1, -0.05) is 56.5 Å². The molecule has 0 atom stereocenters. The summed E-state index contributed by atoms with van der Waals surface area (Å²) in [5, 5.41) is 8.59. The predicted octanol–water partition coefficient (Wildman–Crippen LogP) is 0.179. The van der Waals surface area contributed by atoms with Crippen molar-refractivity contribution in [1.82, 2.24) is 0 Å². The summed E-state index contributed by atoms with van der Waals surface area (Å²) >= 11 is 0. The number of aliphatic hydroxyl groups is 1. The molecule has 6 N–H and O–H groups in total. The second-order valence-electron chi connectivity index (χ2n) is 4.01. The van der Waals surface area contributed by atoms with Crippen LogP contribution in [-0.4, -0.2) is 17.2 Å². The van der Waals surface area contributed by atoms with E-state index in [1.54, 1.807) is 6.08 Å². The Bertz CT molecular complexity index is 534. The van der Waals surface area contributed by atoms with Gasteiger partial charge in [-0.25, -0.2) is 0 Å². The van der Waals surface area contributed by atoms with Crippen LogP contribution < -0.4 is 62.9 Å². The summed E-state index contributed by atoms with van der Waals surface area (Å²) < 4.78 is 0. The number of hydrogen-bond acceptors (Lipinski definition) is 4. The van der Waals surface area contributed by atoms with Gasteiger partial charge in [0.15, 0.2) is 0 Å². The third-order valence-corrected chi connectivity index (χ3v) is 2.65. The fourth-order valence-corrected chi connectivity index (χ4v) is 1.58. The molecule has 0 saturated carbocycles. The Morgan fingerprint density at radius 1 is 0.955 bits per heavy atom. The van der Waals surface area contributed by atoms with Crippen molar-refractivity contribution in [2.75, 3.05) is 18.1 Å². The summed E-state index contributed by atoms with van der Waals surface area (Å²) in [6.07, 6.45) is 2.39. The predicted molar refractivity (Wildman–Crippen MR) is 91.3 cm³/mol. The molecule has 0 heterocycles. The molecule has 4 nitrogen and oxygen atoms in total. The Hall–Kier alpha value is -0.664. The molecule has 0 spiro atoms. The van der Waals surface area contributed by atoms with Crippen LogP contribution in [0.4, 0.5) is 11.4 Å².